The zero-order valence-corrected chi connectivity index (χ0v) is 19.3. The third-order valence-electron chi connectivity index (χ3n) is 5.56. The molecule has 1 amide bonds. The maximum atomic E-state index is 12.8. The monoisotopic (exact) mass is 446 g/mol. The molecule has 31 heavy (non-hydrogen) atoms. The molecule has 1 fully saturated rings. The molecule has 1 N–H and O–H groups in total. The molecule has 0 spiro atoms. The zero-order chi connectivity index (χ0) is 22.4. The molecule has 1 heterocycles. The average Bonchev–Trinajstić information content (AvgIpc) is 3.43. The molecule has 0 radical (unpaired) electrons. The highest BCUT2D eigenvalue weighted by Crippen LogP contribution is 2.39. The van der Waals surface area contributed by atoms with E-state index in [2.05, 4.69) is 10.2 Å². The van der Waals surface area contributed by atoms with E-state index in [4.69, 9.17) is 14.2 Å². The van der Waals surface area contributed by atoms with Crippen molar-refractivity contribution in [2.24, 2.45) is 0 Å². The van der Waals surface area contributed by atoms with Gasteiger partial charge in [0.05, 0.1) is 27.4 Å². The maximum absolute atomic E-state index is 12.8. The van der Waals surface area contributed by atoms with Crippen molar-refractivity contribution in [1.29, 1.82) is 0 Å². The number of methoxy groups -OCH3 is 2. The van der Waals surface area contributed by atoms with E-state index in [0.29, 0.717) is 33.7 Å². The van der Waals surface area contributed by atoms with E-state index in [9.17, 15) is 9.59 Å². The summed E-state index contributed by atoms with van der Waals surface area (Å²) >= 11 is 1.31. The van der Waals surface area contributed by atoms with Gasteiger partial charge in [0.15, 0.2) is 11.5 Å². The number of anilines is 1. The van der Waals surface area contributed by atoms with Gasteiger partial charge in [-0.3, -0.25) is 9.69 Å². The van der Waals surface area contributed by atoms with Crippen LogP contribution in [0.2, 0.25) is 0 Å². The van der Waals surface area contributed by atoms with Gasteiger partial charge in [-0.25, -0.2) is 4.79 Å². The van der Waals surface area contributed by atoms with Crippen molar-refractivity contribution >= 4 is 28.2 Å². The van der Waals surface area contributed by atoms with Crippen LogP contribution < -0.4 is 14.8 Å². The van der Waals surface area contributed by atoms with Gasteiger partial charge in [-0.05, 0) is 44.5 Å². The predicted octanol–water partition coefficient (Wildman–Crippen LogP) is 4.42. The van der Waals surface area contributed by atoms with Gasteiger partial charge in [0.2, 0.25) is 5.91 Å². The molecule has 0 saturated heterocycles. The van der Waals surface area contributed by atoms with Crippen LogP contribution in [-0.4, -0.2) is 57.2 Å². The number of nitrogens with one attached hydrogen (secondary N) is 1. The van der Waals surface area contributed by atoms with Crippen molar-refractivity contribution in [3.63, 3.8) is 0 Å². The summed E-state index contributed by atoms with van der Waals surface area (Å²) in [5.74, 6) is 0.557. The number of esters is 1. The summed E-state index contributed by atoms with van der Waals surface area (Å²) in [5, 5.41) is 5.27. The summed E-state index contributed by atoms with van der Waals surface area (Å²) in [4.78, 5) is 27.6. The molecule has 1 aromatic heterocycles. The van der Waals surface area contributed by atoms with Gasteiger partial charge in [-0.2, -0.15) is 0 Å². The van der Waals surface area contributed by atoms with Crippen molar-refractivity contribution in [3.8, 4) is 22.6 Å². The second-order valence-corrected chi connectivity index (χ2v) is 8.42. The third-order valence-corrected chi connectivity index (χ3v) is 6.45. The van der Waals surface area contributed by atoms with Crippen LogP contribution in [-0.2, 0) is 9.53 Å². The molecule has 1 saturated carbocycles. The Morgan fingerprint density at radius 3 is 2.52 bits per heavy atom. The maximum Gasteiger partial charge on any atom is 0.341 e. The molecule has 168 valence electrons. The summed E-state index contributed by atoms with van der Waals surface area (Å²) < 4.78 is 16.0. The molecule has 0 atom stereocenters. The van der Waals surface area contributed by atoms with Gasteiger partial charge in [-0.1, -0.05) is 18.9 Å². The van der Waals surface area contributed by atoms with Crippen LogP contribution >= 0.6 is 11.3 Å². The van der Waals surface area contributed by atoms with E-state index < -0.39 is 5.97 Å². The van der Waals surface area contributed by atoms with Gasteiger partial charge >= 0.3 is 5.97 Å². The molecule has 1 aliphatic carbocycles. The molecular weight excluding hydrogens is 416 g/mol. The first kappa shape index (κ1) is 23.1. The fourth-order valence-corrected chi connectivity index (χ4v) is 4.91. The first-order valence-electron chi connectivity index (χ1n) is 10.5. The molecule has 0 bridgehead atoms. The number of nitrogens with zero attached hydrogens (tertiary/aromatic N) is 1. The number of benzene rings is 1. The molecular formula is C23H30N2O5S. The number of likely N-dealkylation sites (N-methyl/N-ethyl adjacent to an activating group) is 1. The number of carbonyl (C=O) groups excluding carboxylic acids is 2. The molecule has 0 unspecified atom stereocenters. The first-order chi connectivity index (χ1) is 15.0. The summed E-state index contributed by atoms with van der Waals surface area (Å²) in [6, 6.07) is 5.89. The number of hydrogen-bond acceptors (Lipinski definition) is 7. The van der Waals surface area contributed by atoms with E-state index in [1.807, 2.05) is 24.6 Å². The van der Waals surface area contributed by atoms with Crippen LogP contribution in [0, 0.1) is 0 Å². The zero-order valence-electron chi connectivity index (χ0n) is 18.5. The largest absolute Gasteiger partial charge is 0.493 e. The number of rotatable bonds is 9. The van der Waals surface area contributed by atoms with Crippen LogP contribution in [0.15, 0.2) is 23.6 Å². The van der Waals surface area contributed by atoms with Gasteiger partial charge < -0.3 is 19.5 Å². The van der Waals surface area contributed by atoms with Crippen molar-refractivity contribution in [1.82, 2.24) is 4.90 Å². The van der Waals surface area contributed by atoms with Crippen molar-refractivity contribution in [3.05, 3.63) is 29.1 Å². The Morgan fingerprint density at radius 1 is 1.16 bits per heavy atom. The lowest BCUT2D eigenvalue weighted by Gasteiger charge is -2.23. The molecule has 3 rings (SSSR count). The van der Waals surface area contributed by atoms with Gasteiger partial charge in [-0.15, -0.1) is 11.3 Å². The number of thiophene rings is 1. The second-order valence-electron chi connectivity index (χ2n) is 7.55. The highest BCUT2D eigenvalue weighted by molar-refractivity contribution is 7.15. The Bertz CT molecular complexity index is 921. The smallest absolute Gasteiger partial charge is 0.341 e. The van der Waals surface area contributed by atoms with Gasteiger partial charge in [0.25, 0.3) is 0 Å². The quantitative estimate of drug-likeness (QED) is 0.575. The minimum Gasteiger partial charge on any atom is -0.493 e. The van der Waals surface area contributed by atoms with Gasteiger partial charge in [0.1, 0.15) is 10.6 Å². The lowest BCUT2D eigenvalue weighted by molar-refractivity contribution is -0.117. The Labute approximate surface area is 187 Å². The minimum absolute atomic E-state index is 0.138. The molecule has 1 aliphatic rings. The van der Waals surface area contributed by atoms with Crippen LogP contribution in [0.3, 0.4) is 0 Å². The average molecular weight is 447 g/mol. The number of hydrogen-bond donors (Lipinski definition) is 1. The van der Waals surface area contributed by atoms with E-state index >= 15 is 0 Å². The number of ether oxygens (including phenoxy) is 3. The highest BCUT2D eigenvalue weighted by Gasteiger charge is 2.25. The lowest BCUT2D eigenvalue weighted by Crippen LogP contribution is -2.36. The minimum atomic E-state index is -0.465. The SMILES string of the molecule is CCOC(=O)c1c(-c2ccc(OC)c(OC)c2)csc1NC(=O)CN(C)C1CCCC1. The van der Waals surface area contributed by atoms with E-state index in [1.54, 1.807) is 27.2 Å². The van der Waals surface area contributed by atoms with E-state index in [0.717, 1.165) is 18.4 Å². The van der Waals surface area contributed by atoms with Gasteiger partial charge in [0, 0.05) is 17.0 Å². The molecule has 0 aliphatic heterocycles. The Balaban J connectivity index is 1.86. The van der Waals surface area contributed by atoms with Crippen molar-refractivity contribution in [2.75, 3.05) is 39.7 Å². The molecule has 2 aromatic rings. The second kappa shape index (κ2) is 10.6. The Morgan fingerprint density at radius 2 is 1.87 bits per heavy atom. The van der Waals surface area contributed by atoms with Crippen LogP contribution in [0.25, 0.3) is 11.1 Å². The summed E-state index contributed by atoms with van der Waals surface area (Å²) in [6.07, 6.45) is 4.67. The Kier molecular flexibility index (Phi) is 7.92. The number of amides is 1. The normalized spacial score (nSPS) is 14.0. The highest BCUT2D eigenvalue weighted by atomic mass is 32.1. The lowest BCUT2D eigenvalue weighted by atomic mass is 10.0. The third kappa shape index (κ3) is 5.37. The van der Waals surface area contributed by atoms with Crippen LogP contribution in [0.5, 0.6) is 11.5 Å². The Hall–Kier alpha value is -2.58. The standard InChI is InChI=1S/C23H30N2O5S/c1-5-30-23(27)21-17(15-10-11-18(28-3)19(12-15)29-4)14-31-22(21)24-20(26)13-25(2)16-8-6-7-9-16/h10-12,14,16H,5-9,13H2,1-4H3,(H,24,26). The molecule has 8 heteroatoms. The van der Waals surface area contributed by atoms with Crippen molar-refractivity contribution < 1.29 is 23.8 Å². The fraction of sp³-hybridized carbons (Fsp3) is 0.478. The summed E-state index contributed by atoms with van der Waals surface area (Å²) in [6.45, 7) is 2.30. The number of carbonyl (C=O) groups is 2. The fourth-order valence-electron chi connectivity index (χ4n) is 3.94. The topological polar surface area (TPSA) is 77.1 Å². The molecule has 1 aromatic carbocycles. The predicted molar refractivity (Wildman–Crippen MR) is 122 cm³/mol. The van der Waals surface area contributed by atoms with E-state index in [-0.39, 0.29) is 19.1 Å². The summed E-state index contributed by atoms with van der Waals surface area (Å²) in [5.41, 5.74) is 1.82. The van der Waals surface area contributed by atoms with E-state index in [1.165, 1.54) is 24.2 Å². The summed E-state index contributed by atoms with van der Waals surface area (Å²) in [7, 11) is 5.11. The molecule has 7 nitrogen and oxygen atoms in total. The van der Waals surface area contributed by atoms with Crippen LogP contribution in [0.1, 0.15) is 43.0 Å². The van der Waals surface area contributed by atoms with Crippen molar-refractivity contribution in [2.45, 2.75) is 38.6 Å². The van der Waals surface area contributed by atoms with Crippen LogP contribution in [0.4, 0.5) is 5.00 Å². The first-order valence-corrected chi connectivity index (χ1v) is 11.4.